The molecule has 0 aliphatic carbocycles. The molecule has 0 bridgehead atoms. The van der Waals surface area contributed by atoms with E-state index < -0.39 is 15.8 Å². The second-order valence-corrected chi connectivity index (χ2v) is 11.2. The van der Waals surface area contributed by atoms with Crippen molar-refractivity contribution in [2.24, 2.45) is 0 Å². The van der Waals surface area contributed by atoms with Crippen LogP contribution in [0.4, 0.5) is 5.00 Å². The van der Waals surface area contributed by atoms with Gasteiger partial charge in [0, 0.05) is 17.5 Å². The third kappa shape index (κ3) is 5.93. The number of anilines is 1. The standard InChI is InChI=1S/C22H28N2O5S2/c1-4-29-22(26)20-15(2)16(3)30-21(20)23-19(25)13-24(12-17-8-6-5-7-9-17)18-10-11-31(27,28)14-18/h5-9,18H,4,10-14H2,1-3H3,(H,23,25). The van der Waals surface area contributed by atoms with Crippen molar-refractivity contribution in [2.45, 2.75) is 39.8 Å². The molecular weight excluding hydrogens is 436 g/mol. The molecule has 7 nitrogen and oxygen atoms in total. The van der Waals surface area contributed by atoms with Crippen LogP contribution in [0.15, 0.2) is 30.3 Å². The molecule has 3 rings (SSSR count). The zero-order valence-electron chi connectivity index (χ0n) is 18.0. The van der Waals surface area contributed by atoms with E-state index in [2.05, 4.69) is 5.32 Å². The van der Waals surface area contributed by atoms with Gasteiger partial charge in [0.1, 0.15) is 5.00 Å². The highest BCUT2D eigenvalue weighted by Crippen LogP contribution is 2.33. The van der Waals surface area contributed by atoms with Gasteiger partial charge in [-0.3, -0.25) is 9.69 Å². The van der Waals surface area contributed by atoms with Crippen LogP contribution in [-0.4, -0.2) is 55.9 Å². The second-order valence-electron chi connectivity index (χ2n) is 7.70. The average molecular weight is 465 g/mol. The highest BCUT2D eigenvalue weighted by molar-refractivity contribution is 7.91. The molecule has 1 aromatic carbocycles. The van der Waals surface area contributed by atoms with Crippen molar-refractivity contribution >= 4 is 38.1 Å². The molecule has 1 aliphatic rings. The molecule has 1 aliphatic heterocycles. The summed E-state index contributed by atoms with van der Waals surface area (Å²) in [5.74, 6) is -0.547. The third-order valence-corrected chi connectivity index (χ3v) is 8.29. The van der Waals surface area contributed by atoms with Crippen LogP contribution in [0.25, 0.3) is 0 Å². The van der Waals surface area contributed by atoms with Crippen LogP contribution in [0.5, 0.6) is 0 Å². The number of rotatable bonds is 8. The van der Waals surface area contributed by atoms with Gasteiger partial charge in [-0.1, -0.05) is 30.3 Å². The van der Waals surface area contributed by atoms with E-state index in [-0.39, 0.29) is 36.6 Å². The number of ether oxygens (including phenoxy) is 1. The number of carbonyl (C=O) groups is 2. The summed E-state index contributed by atoms with van der Waals surface area (Å²) in [4.78, 5) is 28.2. The number of nitrogens with one attached hydrogen (secondary N) is 1. The number of amides is 1. The van der Waals surface area contributed by atoms with Gasteiger partial charge in [-0.05, 0) is 38.3 Å². The quantitative estimate of drug-likeness (QED) is 0.603. The Morgan fingerprint density at radius 1 is 1.23 bits per heavy atom. The summed E-state index contributed by atoms with van der Waals surface area (Å²) in [5, 5.41) is 3.33. The molecule has 1 atom stereocenters. The number of carbonyl (C=O) groups excluding carboxylic acids is 2. The summed E-state index contributed by atoms with van der Waals surface area (Å²) in [5.41, 5.74) is 2.19. The Balaban J connectivity index is 1.78. The van der Waals surface area contributed by atoms with E-state index in [0.717, 1.165) is 16.0 Å². The predicted octanol–water partition coefficient (Wildman–Crippen LogP) is 3.17. The van der Waals surface area contributed by atoms with E-state index in [1.807, 2.05) is 49.1 Å². The van der Waals surface area contributed by atoms with Gasteiger partial charge in [-0.2, -0.15) is 0 Å². The predicted molar refractivity (Wildman–Crippen MR) is 122 cm³/mol. The molecule has 1 saturated heterocycles. The lowest BCUT2D eigenvalue weighted by Crippen LogP contribution is -2.41. The highest BCUT2D eigenvalue weighted by atomic mass is 32.2. The molecule has 0 radical (unpaired) electrons. The van der Waals surface area contributed by atoms with Crippen molar-refractivity contribution in [3.63, 3.8) is 0 Å². The van der Waals surface area contributed by atoms with Gasteiger partial charge in [0.05, 0.1) is 30.2 Å². The van der Waals surface area contributed by atoms with Crippen LogP contribution in [0, 0.1) is 13.8 Å². The largest absolute Gasteiger partial charge is 0.462 e. The zero-order valence-corrected chi connectivity index (χ0v) is 19.6. The maximum Gasteiger partial charge on any atom is 0.341 e. The molecule has 2 heterocycles. The molecule has 1 unspecified atom stereocenters. The average Bonchev–Trinajstić information content (AvgIpc) is 3.21. The number of thiophene rings is 1. The van der Waals surface area contributed by atoms with Crippen molar-refractivity contribution in [1.29, 1.82) is 0 Å². The maximum atomic E-state index is 12.9. The number of nitrogens with zero attached hydrogens (tertiary/aromatic N) is 1. The first kappa shape index (κ1) is 23.4. The first-order chi connectivity index (χ1) is 14.7. The smallest absolute Gasteiger partial charge is 0.341 e. The Bertz CT molecular complexity index is 1050. The van der Waals surface area contributed by atoms with Gasteiger partial charge in [-0.15, -0.1) is 11.3 Å². The van der Waals surface area contributed by atoms with Crippen LogP contribution < -0.4 is 5.32 Å². The van der Waals surface area contributed by atoms with Gasteiger partial charge in [0.15, 0.2) is 9.84 Å². The number of aryl methyl sites for hydroxylation is 1. The minimum atomic E-state index is -3.09. The number of sulfone groups is 1. The van der Waals surface area contributed by atoms with Crippen LogP contribution in [0.2, 0.25) is 0 Å². The van der Waals surface area contributed by atoms with Crippen LogP contribution >= 0.6 is 11.3 Å². The topological polar surface area (TPSA) is 92.8 Å². The van der Waals surface area contributed by atoms with E-state index in [1.54, 1.807) is 6.92 Å². The monoisotopic (exact) mass is 464 g/mol. The first-order valence-corrected chi connectivity index (χ1v) is 12.9. The highest BCUT2D eigenvalue weighted by Gasteiger charge is 2.33. The van der Waals surface area contributed by atoms with Crippen molar-refractivity contribution < 1.29 is 22.7 Å². The molecule has 2 aromatic rings. The minimum Gasteiger partial charge on any atom is -0.462 e. The molecular formula is C22H28N2O5S2. The van der Waals surface area contributed by atoms with Crippen molar-refractivity contribution in [1.82, 2.24) is 4.90 Å². The number of benzene rings is 1. The number of hydrogen-bond acceptors (Lipinski definition) is 7. The third-order valence-electron chi connectivity index (χ3n) is 5.42. The van der Waals surface area contributed by atoms with Gasteiger partial charge in [0.2, 0.25) is 5.91 Å². The van der Waals surface area contributed by atoms with Crippen molar-refractivity contribution in [2.75, 3.05) is 30.0 Å². The fourth-order valence-electron chi connectivity index (χ4n) is 3.71. The van der Waals surface area contributed by atoms with Gasteiger partial charge >= 0.3 is 5.97 Å². The van der Waals surface area contributed by atoms with Gasteiger partial charge in [-0.25, -0.2) is 13.2 Å². The van der Waals surface area contributed by atoms with Gasteiger partial charge in [0.25, 0.3) is 0 Å². The maximum absolute atomic E-state index is 12.9. The summed E-state index contributed by atoms with van der Waals surface area (Å²) < 4.78 is 29.2. The van der Waals surface area contributed by atoms with E-state index in [4.69, 9.17) is 4.74 Å². The summed E-state index contributed by atoms with van der Waals surface area (Å²) in [6.07, 6.45) is 0.508. The van der Waals surface area contributed by atoms with Gasteiger partial charge < -0.3 is 10.1 Å². The SMILES string of the molecule is CCOC(=O)c1c(NC(=O)CN(Cc2ccccc2)C2CCS(=O)(=O)C2)sc(C)c1C. The molecule has 0 saturated carbocycles. The van der Waals surface area contributed by atoms with E-state index in [9.17, 15) is 18.0 Å². The Morgan fingerprint density at radius 3 is 2.55 bits per heavy atom. The first-order valence-electron chi connectivity index (χ1n) is 10.3. The summed E-state index contributed by atoms with van der Waals surface area (Å²) in [6.45, 7) is 6.22. The second kappa shape index (κ2) is 9.93. The van der Waals surface area contributed by atoms with Crippen LogP contribution in [-0.2, 0) is 25.9 Å². The summed E-state index contributed by atoms with van der Waals surface area (Å²) in [6, 6.07) is 9.45. The van der Waals surface area contributed by atoms with Crippen LogP contribution in [0.1, 0.15) is 39.7 Å². The minimum absolute atomic E-state index is 0.0351. The molecule has 0 spiro atoms. The molecule has 1 N–H and O–H groups in total. The molecule has 1 aromatic heterocycles. The van der Waals surface area contributed by atoms with E-state index >= 15 is 0 Å². The van der Waals surface area contributed by atoms with Crippen molar-refractivity contribution in [3.05, 3.63) is 51.9 Å². The fourth-order valence-corrected chi connectivity index (χ4v) is 6.54. The lowest BCUT2D eigenvalue weighted by Gasteiger charge is -2.27. The van der Waals surface area contributed by atoms with E-state index in [0.29, 0.717) is 23.5 Å². The number of hydrogen-bond donors (Lipinski definition) is 1. The Morgan fingerprint density at radius 2 is 1.94 bits per heavy atom. The lowest BCUT2D eigenvalue weighted by atomic mass is 10.1. The zero-order chi connectivity index (χ0) is 22.6. The van der Waals surface area contributed by atoms with Crippen molar-refractivity contribution in [3.8, 4) is 0 Å². The molecule has 168 valence electrons. The summed E-state index contributed by atoms with van der Waals surface area (Å²) in [7, 11) is -3.09. The van der Waals surface area contributed by atoms with Crippen LogP contribution in [0.3, 0.4) is 0 Å². The number of esters is 1. The molecule has 1 fully saturated rings. The molecule has 31 heavy (non-hydrogen) atoms. The lowest BCUT2D eigenvalue weighted by molar-refractivity contribution is -0.117. The molecule has 9 heteroatoms. The Labute approximate surface area is 187 Å². The van der Waals surface area contributed by atoms with E-state index in [1.165, 1.54) is 11.3 Å². The summed E-state index contributed by atoms with van der Waals surface area (Å²) >= 11 is 1.34. The molecule has 1 amide bonds. The fraction of sp³-hybridized carbons (Fsp3) is 0.455. The Hall–Kier alpha value is -2.23. The normalized spacial score (nSPS) is 17.6. The Kier molecular flexibility index (Phi) is 7.51.